The fourth-order valence-electron chi connectivity index (χ4n) is 3.32. The van der Waals surface area contributed by atoms with Crippen molar-refractivity contribution in [3.8, 4) is 17.3 Å². The smallest absolute Gasteiger partial charge is 0.221 e. The second-order valence-electron chi connectivity index (χ2n) is 7.66. The number of aryl methyl sites for hydroxylation is 1. The van der Waals surface area contributed by atoms with Gasteiger partial charge in [-0.3, -0.25) is 14.6 Å². The van der Waals surface area contributed by atoms with Crippen LogP contribution in [0.5, 0.6) is 0 Å². The maximum Gasteiger partial charge on any atom is 0.221 e. The number of nitrogens with zero attached hydrogens (tertiary/aromatic N) is 4. The number of thiol groups is 1. The summed E-state index contributed by atoms with van der Waals surface area (Å²) in [6, 6.07) is 14.4. The summed E-state index contributed by atoms with van der Waals surface area (Å²) in [6.07, 6.45) is 0.736. The molecule has 0 bridgehead atoms. The van der Waals surface area contributed by atoms with Crippen LogP contribution in [0.3, 0.4) is 0 Å². The average molecular weight is 491 g/mol. The van der Waals surface area contributed by atoms with Crippen LogP contribution in [0.4, 0.5) is 11.5 Å². The number of hydrogen-bond donors (Lipinski definition) is 5. The normalized spacial score (nSPS) is 11.4. The summed E-state index contributed by atoms with van der Waals surface area (Å²) >= 11 is 4.67. The predicted octanol–water partition coefficient (Wildman–Crippen LogP) is 1.98. The molecule has 0 saturated heterocycles. The van der Waals surface area contributed by atoms with Gasteiger partial charge in [0, 0.05) is 43.4 Å². The molecule has 2 amide bonds. The molecule has 3 rings (SSSR count). The van der Waals surface area contributed by atoms with Gasteiger partial charge < -0.3 is 22.1 Å². The number of nitriles is 1. The molecule has 1 unspecified atom stereocenters. The maximum atomic E-state index is 11.9. The van der Waals surface area contributed by atoms with Crippen molar-refractivity contribution in [1.29, 1.82) is 5.26 Å². The van der Waals surface area contributed by atoms with Crippen molar-refractivity contribution in [2.75, 3.05) is 24.1 Å². The molecule has 0 aliphatic rings. The summed E-state index contributed by atoms with van der Waals surface area (Å²) in [7, 11) is 0. The van der Waals surface area contributed by atoms with E-state index in [0.29, 0.717) is 42.1 Å². The van der Waals surface area contributed by atoms with Crippen molar-refractivity contribution < 1.29 is 9.59 Å². The van der Waals surface area contributed by atoms with E-state index in [4.69, 9.17) is 11.5 Å². The minimum absolute atomic E-state index is 0.0326. The van der Waals surface area contributed by atoms with Crippen LogP contribution in [0.2, 0.25) is 0 Å². The molecule has 0 aliphatic carbocycles. The Kier molecular flexibility index (Phi) is 8.72. The van der Waals surface area contributed by atoms with Crippen LogP contribution in [-0.4, -0.2) is 39.9 Å². The summed E-state index contributed by atoms with van der Waals surface area (Å²) in [5, 5.41) is 14.4. The maximum absolute atomic E-state index is 11.9. The molecule has 1 aromatic carbocycles. The van der Waals surface area contributed by atoms with Gasteiger partial charge in [-0.1, -0.05) is 18.2 Å². The second-order valence-corrected chi connectivity index (χ2v) is 8.17. The van der Waals surface area contributed by atoms with Crippen LogP contribution < -0.4 is 22.1 Å². The number of pyridine rings is 1. The summed E-state index contributed by atoms with van der Waals surface area (Å²) in [5.41, 5.74) is 14.6. The highest BCUT2D eigenvalue weighted by atomic mass is 32.1. The molecule has 35 heavy (non-hydrogen) atoms. The van der Waals surface area contributed by atoms with Gasteiger partial charge in [0.05, 0.1) is 11.4 Å². The van der Waals surface area contributed by atoms with E-state index in [1.165, 1.54) is 6.92 Å². The van der Waals surface area contributed by atoms with Crippen molar-refractivity contribution >= 4 is 35.9 Å². The molecule has 0 radical (unpaired) electrons. The van der Waals surface area contributed by atoms with Crippen LogP contribution in [0, 0.1) is 11.3 Å². The number of anilines is 2. The van der Waals surface area contributed by atoms with Crippen LogP contribution in [0.1, 0.15) is 41.4 Å². The lowest BCUT2D eigenvalue weighted by Gasteiger charge is -2.14. The van der Waals surface area contributed by atoms with Crippen molar-refractivity contribution in [3.63, 3.8) is 0 Å². The molecule has 0 spiro atoms. The molecule has 1 atom stereocenters. The van der Waals surface area contributed by atoms with Gasteiger partial charge in [0.2, 0.25) is 11.8 Å². The van der Waals surface area contributed by atoms with Crippen LogP contribution >= 0.6 is 12.6 Å². The monoisotopic (exact) mass is 490 g/mol. The largest absolute Gasteiger partial charge is 0.382 e. The van der Waals surface area contributed by atoms with E-state index in [1.807, 2.05) is 12.1 Å². The fourth-order valence-corrected chi connectivity index (χ4v) is 3.57. The molecule has 2 aromatic heterocycles. The number of benzene rings is 1. The number of carbonyl (C=O) groups excluding carboxylic acids is 2. The number of nitrogens with two attached hydrogens (primary N) is 2. The molecule has 180 valence electrons. The molecule has 2 heterocycles. The van der Waals surface area contributed by atoms with Crippen LogP contribution in [0.15, 0.2) is 42.5 Å². The van der Waals surface area contributed by atoms with Gasteiger partial charge in [-0.15, -0.1) is 0 Å². The lowest BCUT2D eigenvalue weighted by Crippen LogP contribution is -2.29. The van der Waals surface area contributed by atoms with E-state index in [0.717, 1.165) is 5.69 Å². The number of nitrogens with one attached hydrogen (secondary N) is 2. The van der Waals surface area contributed by atoms with Gasteiger partial charge in [-0.05, 0) is 30.7 Å². The van der Waals surface area contributed by atoms with E-state index in [2.05, 4.69) is 44.3 Å². The first-order valence-corrected chi connectivity index (χ1v) is 11.4. The van der Waals surface area contributed by atoms with Gasteiger partial charge in [0.1, 0.15) is 28.5 Å². The molecule has 0 aliphatic heterocycles. The average Bonchev–Trinajstić information content (AvgIpc) is 2.85. The molecule has 0 saturated carbocycles. The van der Waals surface area contributed by atoms with E-state index in [-0.39, 0.29) is 35.4 Å². The number of carbonyl (C=O) groups is 2. The Morgan fingerprint density at radius 3 is 2.54 bits per heavy atom. The lowest BCUT2D eigenvalue weighted by molar-refractivity contribution is -0.121. The van der Waals surface area contributed by atoms with E-state index in [1.54, 1.807) is 30.3 Å². The van der Waals surface area contributed by atoms with Crippen molar-refractivity contribution in [1.82, 2.24) is 20.3 Å². The van der Waals surface area contributed by atoms with E-state index >= 15 is 0 Å². The highest BCUT2D eigenvalue weighted by molar-refractivity contribution is 7.80. The summed E-state index contributed by atoms with van der Waals surface area (Å²) < 4.78 is 0. The first-order chi connectivity index (χ1) is 16.8. The number of rotatable bonds is 9. The quantitative estimate of drug-likeness (QED) is 0.283. The Balaban J connectivity index is 1.87. The number of nitrogen functional groups attached to an aromatic ring is 1. The van der Waals surface area contributed by atoms with Gasteiger partial charge in [-0.2, -0.15) is 17.9 Å². The summed E-state index contributed by atoms with van der Waals surface area (Å²) in [4.78, 5) is 36.6. The van der Waals surface area contributed by atoms with Gasteiger partial charge in [0.15, 0.2) is 0 Å². The van der Waals surface area contributed by atoms with Crippen LogP contribution in [-0.2, 0) is 16.0 Å². The highest BCUT2D eigenvalue weighted by Crippen LogP contribution is 2.31. The lowest BCUT2D eigenvalue weighted by atomic mass is 10.1. The Bertz CT molecular complexity index is 1260. The van der Waals surface area contributed by atoms with Gasteiger partial charge >= 0.3 is 0 Å². The Labute approximate surface area is 208 Å². The zero-order chi connectivity index (χ0) is 25.4. The molecule has 3 aromatic rings. The first kappa shape index (κ1) is 25.6. The number of hydrogen-bond acceptors (Lipinski definition) is 9. The number of aromatic nitrogens is 3. The van der Waals surface area contributed by atoms with Crippen molar-refractivity contribution in [3.05, 3.63) is 65.2 Å². The zero-order valence-corrected chi connectivity index (χ0v) is 20.0. The summed E-state index contributed by atoms with van der Waals surface area (Å²) in [6.45, 7) is 2.24. The zero-order valence-electron chi connectivity index (χ0n) is 19.2. The number of amides is 2. The molecular formula is C24H26N8O2S. The van der Waals surface area contributed by atoms with Crippen LogP contribution in [0.25, 0.3) is 11.3 Å². The van der Waals surface area contributed by atoms with E-state index < -0.39 is 5.25 Å². The standard InChI is InChI=1S/C24H26N8O2S/c1-14(33)29-17-7-5-15(6-8-17)21-18(13-26)23(27)32-24(31-21)22(35)19-4-2-3-16(30-19)9-10-20(34)28-12-11-25/h2-8,22,35H,9-12,25H2,1H3,(H,28,34)(H,29,33)(H2,27,31,32). The molecular weight excluding hydrogens is 464 g/mol. The Hall–Kier alpha value is -4.01. The third-order valence-corrected chi connectivity index (χ3v) is 5.47. The highest BCUT2D eigenvalue weighted by Gasteiger charge is 2.20. The minimum atomic E-state index is -0.617. The minimum Gasteiger partial charge on any atom is -0.382 e. The SMILES string of the molecule is CC(=O)Nc1ccc(-c2nc(C(S)c3cccc(CCC(=O)NCCN)n3)nc(N)c2C#N)cc1. The third kappa shape index (κ3) is 6.75. The fraction of sp³-hybridized carbons (Fsp3) is 0.250. The Morgan fingerprint density at radius 2 is 1.89 bits per heavy atom. The molecule has 11 heteroatoms. The molecule has 0 fully saturated rings. The summed E-state index contributed by atoms with van der Waals surface area (Å²) in [5.74, 6) is 0.0385. The molecule has 10 nitrogen and oxygen atoms in total. The topological polar surface area (TPSA) is 173 Å². The molecule has 6 N–H and O–H groups in total. The first-order valence-electron chi connectivity index (χ1n) is 10.9. The predicted molar refractivity (Wildman–Crippen MR) is 136 cm³/mol. The Morgan fingerprint density at radius 1 is 1.14 bits per heavy atom. The van der Waals surface area contributed by atoms with Crippen molar-refractivity contribution in [2.24, 2.45) is 5.73 Å². The van der Waals surface area contributed by atoms with Crippen molar-refractivity contribution in [2.45, 2.75) is 25.0 Å². The van der Waals surface area contributed by atoms with Gasteiger partial charge in [-0.25, -0.2) is 9.97 Å². The van der Waals surface area contributed by atoms with Gasteiger partial charge in [0.25, 0.3) is 0 Å². The second kappa shape index (κ2) is 11.9. The van der Waals surface area contributed by atoms with E-state index in [9.17, 15) is 14.9 Å². The third-order valence-electron chi connectivity index (χ3n) is 4.97.